The molecule has 0 saturated heterocycles. The minimum Gasteiger partial charge on any atom is -0.478 e. The molecule has 0 saturated carbocycles. The van der Waals surface area contributed by atoms with Gasteiger partial charge in [-0.2, -0.15) is 0 Å². The standard InChI is InChI=1S/C8H10O4.C6H15N.C4H6O2/c1-5(7(9)10)3-4-6(2)8(11)12;1-4-7(5-2)6-3;1-3(2)4(5)6/h4H,1,3H2,2H3,(H,9,10)(H,11,12);4-6H2,1-3H3;1H2,2H3,(H,5,6). The fraction of sp³-hybridized carbons (Fsp3) is 0.500. The Morgan fingerprint density at radius 2 is 1.20 bits per heavy atom. The maximum absolute atomic E-state index is 10.2. The van der Waals surface area contributed by atoms with Gasteiger partial charge in [-0.05, 0) is 39.9 Å². The minimum atomic E-state index is -1.11. The van der Waals surface area contributed by atoms with Crippen molar-refractivity contribution in [3.05, 3.63) is 36.0 Å². The van der Waals surface area contributed by atoms with Gasteiger partial charge in [-0.25, -0.2) is 14.4 Å². The summed E-state index contributed by atoms with van der Waals surface area (Å²) >= 11 is 0. The van der Waals surface area contributed by atoms with Crippen molar-refractivity contribution >= 4 is 17.9 Å². The first-order chi connectivity index (χ1) is 11.4. The third-order valence-corrected chi connectivity index (χ3v) is 3.00. The van der Waals surface area contributed by atoms with E-state index in [9.17, 15) is 14.4 Å². The van der Waals surface area contributed by atoms with Gasteiger partial charge in [0.1, 0.15) is 0 Å². The minimum absolute atomic E-state index is 0.0180. The molecule has 0 heterocycles. The van der Waals surface area contributed by atoms with Gasteiger partial charge in [-0.3, -0.25) is 0 Å². The molecule has 7 nitrogen and oxygen atoms in total. The van der Waals surface area contributed by atoms with Crippen molar-refractivity contribution < 1.29 is 29.7 Å². The van der Waals surface area contributed by atoms with Gasteiger partial charge < -0.3 is 20.2 Å². The lowest BCUT2D eigenvalue weighted by Crippen LogP contribution is -2.21. The molecule has 0 bridgehead atoms. The molecule has 0 aromatic rings. The van der Waals surface area contributed by atoms with Crippen molar-refractivity contribution in [2.24, 2.45) is 0 Å². The Hall–Kier alpha value is -2.41. The van der Waals surface area contributed by atoms with E-state index in [4.69, 9.17) is 15.3 Å². The summed E-state index contributed by atoms with van der Waals surface area (Å²) in [6.07, 6.45) is 1.38. The second-order valence-electron chi connectivity index (χ2n) is 5.01. The predicted molar refractivity (Wildman–Crippen MR) is 98.7 cm³/mol. The third-order valence-electron chi connectivity index (χ3n) is 3.00. The first-order valence-corrected chi connectivity index (χ1v) is 7.86. The molecule has 3 N–H and O–H groups in total. The lowest BCUT2D eigenvalue weighted by Gasteiger charge is -2.13. The SMILES string of the molecule is C=C(C)C(=O)O.C=C(CC=C(C)C(=O)O)C(=O)O.CCN(CC)CC. The number of hydrogen-bond donors (Lipinski definition) is 3. The molecule has 0 aromatic heterocycles. The highest BCUT2D eigenvalue weighted by Crippen LogP contribution is 2.03. The molecular formula is C18H31NO6. The van der Waals surface area contributed by atoms with Gasteiger partial charge in [0.05, 0.1) is 0 Å². The van der Waals surface area contributed by atoms with E-state index in [0.717, 1.165) is 0 Å². The molecule has 0 aliphatic rings. The lowest BCUT2D eigenvalue weighted by atomic mass is 10.1. The monoisotopic (exact) mass is 357 g/mol. The van der Waals surface area contributed by atoms with Crippen molar-refractivity contribution in [3.8, 4) is 0 Å². The summed E-state index contributed by atoms with van der Waals surface area (Å²) in [7, 11) is 0. The van der Waals surface area contributed by atoms with Gasteiger partial charge in [0.15, 0.2) is 0 Å². The molecule has 25 heavy (non-hydrogen) atoms. The molecule has 144 valence electrons. The van der Waals surface area contributed by atoms with Crippen LogP contribution in [-0.4, -0.2) is 57.8 Å². The molecule has 0 rings (SSSR count). The fourth-order valence-electron chi connectivity index (χ4n) is 1.12. The zero-order chi connectivity index (χ0) is 20.6. The van der Waals surface area contributed by atoms with Gasteiger partial charge in [-0.1, -0.05) is 40.0 Å². The highest BCUT2D eigenvalue weighted by molar-refractivity contribution is 5.88. The lowest BCUT2D eigenvalue weighted by molar-refractivity contribution is -0.133. The third kappa shape index (κ3) is 19.5. The van der Waals surface area contributed by atoms with Gasteiger partial charge in [0.25, 0.3) is 0 Å². The smallest absolute Gasteiger partial charge is 0.331 e. The number of carbonyl (C=O) groups is 3. The van der Waals surface area contributed by atoms with Crippen LogP contribution in [0.1, 0.15) is 41.0 Å². The van der Waals surface area contributed by atoms with Crippen LogP contribution in [0.15, 0.2) is 36.0 Å². The number of aliphatic carboxylic acids is 3. The average Bonchev–Trinajstić information content (AvgIpc) is 2.54. The maximum Gasteiger partial charge on any atom is 0.331 e. The van der Waals surface area contributed by atoms with Crippen LogP contribution in [0, 0.1) is 0 Å². The van der Waals surface area contributed by atoms with Crippen LogP contribution in [0.2, 0.25) is 0 Å². The largest absolute Gasteiger partial charge is 0.478 e. The summed E-state index contributed by atoms with van der Waals surface area (Å²) < 4.78 is 0. The summed E-state index contributed by atoms with van der Waals surface area (Å²) in [5.74, 6) is -3.09. The number of nitrogens with zero attached hydrogens (tertiary/aromatic N) is 1. The molecular weight excluding hydrogens is 326 g/mol. The Labute approximate surface area is 150 Å². The second kappa shape index (κ2) is 16.4. The molecule has 0 aromatic carbocycles. The molecule has 0 aliphatic carbocycles. The second-order valence-corrected chi connectivity index (χ2v) is 5.01. The van der Waals surface area contributed by atoms with Crippen LogP contribution in [0.4, 0.5) is 0 Å². The number of allylic oxidation sites excluding steroid dienone is 1. The number of rotatable bonds is 8. The van der Waals surface area contributed by atoms with Crippen molar-refractivity contribution in [1.29, 1.82) is 0 Å². The summed E-state index contributed by atoms with van der Waals surface area (Å²) in [5, 5.41) is 24.6. The highest BCUT2D eigenvalue weighted by atomic mass is 16.4. The average molecular weight is 357 g/mol. The van der Waals surface area contributed by atoms with Gasteiger partial charge in [0.2, 0.25) is 0 Å². The summed E-state index contributed by atoms with van der Waals surface area (Å²) in [6.45, 7) is 19.4. The Morgan fingerprint density at radius 1 is 0.840 bits per heavy atom. The number of carboxylic acid groups (broad SMARTS) is 3. The molecule has 0 aliphatic heterocycles. The van der Waals surface area contributed by atoms with Crippen molar-refractivity contribution in [2.75, 3.05) is 19.6 Å². The van der Waals surface area contributed by atoms with Crippen LogP contribution in [0.25, 0.3) is 0 Å². The molecule has 0 fully saturated rings. The Kier molecular flexibility index (Phi) is 18.1. The van der Waals surface area contributed by atoms with Gasteiger partial charge in [-0.15, -0.1) is 0 Å². The zero-order valence-corrected chi connectivity index (χ0v) is 15.8. The Bertz CT molecular complexity index is 472. The van der Waals surface area contributed by atoms with E-state index >= 15 is 0 Å². The molecule has 0 radical (unpaired) electrons. The van der Waals surface area contributed by atoms with E-state index in [1.165, 1.54) is 39.6 Å². The Balaban J connectivity index is -0.000000317. The zero-order valence-electron chi connectivity index (χ0n) is 15.8. The van der Waals surface area contributed by atoms with E-state index in [2.05, 4.69) is 38.8 Å². The van der Waals surface area contributed by atoms with Crippen LogP contribution in [0.3, 0.4) is 0 Å². The molecule has 0 atom stereocenters. The normalized spacial score (nSPS) is 9.92. The molecule has 0 amide bonds. The van der Waals surface area contributed by atoms with Crippen LogP contribution in [-0.2, 0) is 14.4 Å². The van der Waals surface area contributed by atoms with E-state index in [-0.39, 0.29) is 23.1 Å². The van der Waals surface area contributed by atoms with Crippen molar-refractivity contribution in [2.45, 2.75) is 41.0 Å². The molecule has 0 unspecified atom stereocenters. The van der Waals surface area contributed by atoms with E-state index < -0.39 is 17.9 Å². The van der Waals surface area contributed by atoms with Crippen LogP contribution < -0.4 is 0 Å². The maximum atomic E-state index is 10.2. The van der Waals surface area contributed by atoms with E-state index in [0.29, 0.717) is 0 Å². The topological polar surface area (TPSA) is 115 Å². The molecule has 7 heteroatoms. The van der Waals surface area contributed by atoms with E-state index in [1.54, 1.807) is 0 Å². The fourth-order valence-corrected chi connectivity index (χ4v) is 1.12. The number of carboxylic acids is 3. The van der Waals surface area contributed by atoms with Crippen molar-refractivity contribution in [3.63, 3.8) is 0 Å². The van der Waals surface area contributed by atoms with Crippen LogP contribution >= 0.6 is 0 Å². The first-order valence-electron chi connectivity index (χ1n) is 7.86. The first kappa shape index (κ1) is 27.4. The van der Waals surface area contributed by atoms with Crippen molar-refractivity contribution in [1.82, 2.24) is 4.90 Å². The quantitative estimate of drug-likeness (QED) is 0.572. The van der Waals surface area contributed by atoms with Gasteiger partial charge in [0, 0.05) is 16.7 Å². The highest BCUT2D eigenvalue weighted by Gasteiger charge is 2.03. The predicted octanol–water partition coefficient (Wildman–Crippen LogP) is 3.04. The van der Waals surface area contributed by atoms with E-state index in [1.807, 2.05) is 0 Å². The summed E-state index contributed by atoms with van der Waals surface area (Å²) in [4.78, 5) is 32.4. The molecule has 0 spiro atoms. The number of hydrogen-bond acceptors (Lipinski definition) is 4. The van der Waals surface area contributed by atoms with Gasteiger partial charge >= 0.3 is 17.9 Å². The summed E-state index contributed by atoms with van der Waals surface area (Å²) in [5.41, 5.74) is 0.281. The summed E-state index contributed by atoms with van der Waals surface area (Å²) in [6, 6.07) is 0. The van der Waals surface area contributed by atoms with Crippen LogP contribution in [0.5, 0.6) is 0 Å². The Morgan fingerprint density at radius 3 is 1.36 bits per heavy atom.